The lowest BCUT2D eigenvalue weighted by atomic mass is 10.1. The van der Waals surface area contributed by atoms with E-state index in [2.05, 4.69) is 17.2 Å². The van der Waals surface area contributed by atoms with E-state index in [4.69, 9.17) is 9.47 Å². The molecule has 5 heteroatoms. The zero-order valence-corrected chi connectivity index (χ0v) is 10.8. The predicted molar refractivity (Wildman–Crippen MR) is 73.0 cm³/mol. The molecular formula is C14H18N2O3. The number of anilines is 1. The average molecular weight is 262 g/mol. The Balaban J connectivity index is 1.79. The summed E-state index contributed by atoms with van der Waals surface area (Å²) in [5, 5.41) is 6.11. The van der Waals surface area contributed by atoms with Crippen LogP contribution in [0.15, 0.2) is 31.0 Å². The van der Waals surface area contributed by atoms with Crippen molar-refractivity contribution >= 4 is 11.6 Å². The standard InChI is InChI=1S/C14H18N2O3/c1-2-18-7-3-6-15-9-11-4-5-13-12(8-11)16-14(17)10-19-13/h2,4-5,8,15H,1,3,6-7,9-10H2,(H,16,17). The van der Waals surface area contributed by atoms with Crippen LogP contribution in [0.25, 0.3) is 0 Å². The second kappa shape index (κ2) is 6.80. The Bertz CT molecular complexity index is 460. The number of hydrogen-bond acceptors (Lipinski definition) is 4. The second-order valence-corrected chi connectivity index (χ2v) is 4.24. The highest BCUT2D eigenvalue weighted by Gasteiger charge is 2.15. The Morgan fingerprint density at radius 1 is 1.53 bits per heavy atom. The van der Waals surface area contributed by atoms with Crippen LogP contribution >= 0.6 is 0 Å². The van der Waals surface area contributed by atoms with Crippen LogP contribution in [0.5, 0.6) is 5.75 Å². The Morgan fingerprint density at radius 2 is 2.42 bits per heavy atom. The molecule has 19 heavy (non-hydrogen) atoms. The molecule has 1 aromatic carbocycles. The van der Waals surface area contributed by atoms with Gasteiger partial charge in [0.2, 0.25) is 0 Å². The zero-order chi connectivity index (χ0) is 13.5. The van der Waals surface area contributed by atoms with Crippen LogP contribution in [0.1, 0.15) is 12.0 Å². The molecule has 1 heterocycles. The monoisotopic (exact) mass is 262 g/mol. The van der Waals surface area contributed by atoms with Crippen molar-refractivity contribution in [3.63, 3.8) is 0 Å². The van der Waals surface area contributed by atoms with Crippen molar-refractivity contribution in [2.24, 2.45) is 0 Å². The number of carbonyl (C=O) groups excluding carboxylic acids is 1. The van der Waals surface area contributed by atoms with Gasteiger partial charge in [-0.15, -0.1) is 0 Å². The van der Waals surface area contributed by atoms with Gasteiger partial charge in [0.05, 0.1) is 18.6 Å². The molecular weight excluding hydrogens is 244 g/mol. The molecule has 1 aliphatic heterocycles. The fourth-order valence-corrected chi connectivity index (χ4v) is 1.84. The van der Waals surface area contributed by atoms with E-state index in [0.29, 0.717) is 6.61 Å². The van der Waals surface area contributed by atoms with E-state index in [1.807, 2.05) is 18.2 Å². The average Bonchev–Trinajstić information content (AvgIpc) is 2.42. The highest BCUT2D eigenvalue weighted by Crippen LogP contribution is 2.28. The number of carbonyl (C=O) groups is 1. The van der Waals surface area contributed by atoms with Gasteiger partial charge in [-0.25, -0.2) is 0 Å². The smallest absolute Gasteiger partial charge is 0.262 e. The fourth-order valence-electron chi connectivity index (χ4n) is 1.84. The van der Waals surface area contributed by atoms with Crippen LogP contribution < -0.4 is 15.4 Å². The molecule has 1 amide bonds. The van der Waals surface area contributed by atoms with Crippen LogP contribution in [0.4, 0.5) is 5.69 Å². The number of ether oxygens (including phenoxy) is 2. The molecule has 2 N–H and O–H groups in total. The topological polar surface area (TPSA) is 59.6 Å². The quantitative estimate of drug-likeness (QED) is 0.579. The summed E-state index contributed by atoms with van der Waals surface area (Å²) in [6.45, 7) is 5.86. The summed E-state index contributed by atoms with van der Waals surface area (Å²) in [6.07, 6.45) is 2.38. The second-order valence-electron chi connectivity index (χ2n) is 4.24. The van der Waals surface area contributed by atoms with Gasteiger partial charge in [0.25, 0.3) is 5.91 Å². The minimum absolute atomic E-state index is 0.0912. The minimum Gasteiger partial charge on any atom is -0.502 e. The first-order valence-corrected chi connectivity index (χ1v) is 6.28. The molecule has 0 spiro atoms. The third-order valence-electron chi connectivity index (χ3n) is 2.74. The van der Waals surface area contributed by atoms with Crippen molar-refractivity contribution in [2.75, 3.05) is 25.1 Å². The van der Waals surface area contributed by atoms with Crippen molar-refractivity contribution in [2.45, 2.75) is 13.0 Å². The van der Waals surface area contributed by atoms with Gasteiger partial charge in [0.15, 0.2) is 6.61 Å². The third-order valence-corrected chi connectivity index (χ3v) is 2.74. The number of benzene rings is 1. The molecule has 0 atom stereocenters. The van der Waals surface area contributed by atoms with E-state index in [-0.39, 0.29) is 12.5 Å². The van der Waals surface area contributed by atoms with E-state index in [0.717, 1.165) is 36.5 Å². The first-order chi connectivity index (χ1) is 9.29. The van der Waals surface area contributed by atoms with Gasteiger partial charge in [-0.2, -0.15) is 0 Å². The first-order valence-electron chi connectivity index (χ1n) is 6.28. The van der Waals surface area contributed by atoms with Crippen LogP contribution in [-0.2, 0) is 16.1 Å². The highest BCUT2D eigenvalue weighted by atomic mass is 16.5. The summed E-state index contributed by atoms with van der Waals surface area (Å²) in [7, 11) is 0. The van der Waals surface area contributed by atoms with Crippen molar-refractivity contribution in [3.05, 3.63) is 36.6 Å². The van der Waals surface area contributed by atoms with E-state index in [1.165, 1.54) is 6.26 Å². The van der Waals surface area contributed by atoms with Crippen molar-refractivity contribution in [3.8, 4) is 5.75 Å². The largest absolute Gasteiger partial charge is 0.502 e. The van der Waals surface area contributed by atoms with Crippen molar-refractivity contribution in [1.82, 2.24) is 5.32 Å². The normalized spacial score (nSPS) is 13.2. The number of nitrogens with one attached hydrogen (secondary N) is 2. The molecule has 0 saturated carbocycles. The minimum atomic E-state index is -0.112. The summed E-state index contributed by atoms with van der Waals surface area (Å²) in [6, 6.07) is 5.80. The summed E-state index contributed by atoms with van der Waals surface area (Å²) in [5.41, 5.74) is 1.85. The number of rotatable bonds is 7. The summed E-state index contributed by atoms with van der Waals surface area (Å²) in [5.74, 6) is 0.613. The highest BCUT2D eigenvalue weighted by molar-refractivity contribution is 5.95. The molecule has 5 nitrogen and oxygen atoms in total. The summed E-state index contributed by atoms with van der Waals surface area (Å²) < 4.78 is 10.3. The van der Waals surface area contributed by atoms with E-state index < -0.39 is 0 Å². The zero-order valence-electron chi connectivity index (χ0n) is 10.8. The Hall–Kier alpha value is -2.01. The molecule has 0 radical (unpaired) electrons. The summed E-state index contributed by atoms with van der Waals surface area (Å²) in [4.78, 5) is 11.2. The molecule has 0 aromatic heterocycles. The van der Waals surface area contributed by atoms with Gasteiger partial charge in [0.1, 0.15) is 5.75 Å². The maximum absolute atomic E-state index is 11.2. The van der Waals surface area contributed by atoms with Crippen LogP contribution in [0.3, 0.4) is 0 Å². The SMILES string of the molecule is C=COCCCNCc1ccc2c(c1)NC(=O)CO2. The van der Waals surface area contributed by atoms with Gasteiger partial charge in [0, 0.05) is 6.54 Å². The molecule has 0 saturated heterocycles. The molecule has 0 fully saturated rings. The van der Waals surface area contributed by atoms with E-state index in [9.17, 15) is 4.79 Å². The summed E-state index contributed by atoms with van der Waals surface area (Å²) >= 11 is 0. The Morgan fingerprint density at radius 3 is 3.26 bits per heavy atom. The Kier molecular flexibility index (Phi) is 4.80. The van der Waals surface area contributed by atoms with Gasteiger partial charge in [-0.1, -0.05) is 12.6 Å². The maximum Gasteiger partial charge on any atom is 0.262 e. The molecule has 0 aliphatic carbocycles. The third kappa shape index (κ3) is 3.99. The van der Waals surface area contributed by atoms with Crippen LogP contribution in [-0.4, -0.2) is 25.7 Å². The molecule has 0 bridgehead atoms. The van der Waals surface area contributed by atoms with E-state index >= 15 is 0 Å². The van der Waals surface area contributed by atoms with Crippen LogP contribution in [0, 0.1) is 0 Å². The maximum atomic E-state index is 11.2. The number of amides is 1. The van der Waals surface area contributed by atoms with Gasteiger partial charge in [-0.05, 0) is 30.7 Å². The lowest BCUT2D eigenvalue weighted by molar-refractivity contribution is -0.118. The van der Waals surface area contributed by atoms with E-state index in [1.54, 1.807) is 0 Å². The lowest BCUT2D eigenvalue weighted by Crippen LogP contribution is -2.25. The number of hydrogen-bond donors (Lipinski definition) is 2. The lowest BCUT2D eigenvalue weighted by Gasteiger charge is -2.18. The molecule has 102 valence electrons. The molecule has 1 aromatic rings. The van der Waals surface area contributed by atoms with Gasteiger partial charge >= 0.3 is 0 Å². The predicted octanol–water partition coefficient (Wildman–Crippen LogP) is 1.66. The van der Waals surface area contributed by atoms with Gasteiger partial charge < -0.3 is 20.1 Å². The molecule has 2 rings (SSSR count). The van der Waals surface area contributed by atoms with Gasteiger partial charge in [-0.3, -0.25) is 4.79 Å². The first kappa shape index (κ1) is 13.4. The van der Waals surface area contributed by atoms with Crippen molar-refractivity contribution in [1.29, 1.82) is 0 Å². The Labute approximate surface area is 112 Å². The van der Waals surface area contributed by atoms with Crippen LogP contribution in [0.2, 0.25) is 0 Å². The molecule has 1 aliphatic rings. The number of fused-ring (bicyclic) bond motifs is 1. The molecule has 0 unspecified atom stereocenters. The van der Waals surface area contributed by atoms with Crippen molar-refractivity contribution < 1.29 is 14.3 Å². The fraction of sp³-hybridized carbons (Fsp3) is 0.357.